The molecule has 6 nitrogen and oxygen atoms in total. The van der Waals surface area contributed by atoms with Crippen molar-refractivity contribution in [2.45, 2.75) is 32.6 Å². The zero-order valence-corrected chi connectivity index (χ0v) is 22.7. The van der Waals surface area contributed by atoms with Crippen molar-refractivity contribution < 1.29 is 18.0 Å². The molecule has 4 rings (SSSR count). The van der Waals surface area contributed by atoms with Crippen LogP contribution in [0.15, 0.2) is 53.0 Å². The van der Waals surface area contributed by atoms with Crippen LogP contribution in [0, 0.1) is 13.8 Å². The highest BCUT2D eigenvalue weighted by atomic mass is 79.9. The number of carbonyl (C=O) groups is 1. The third-order valence-corrected chi connectivity index (χ3v) is 6.79. The van der Waals surface area contributed by atoms with Gasteiger partial charge in [0.05, 0.1) is 23.6 Å². The summed E-state index contributed by atoms with van der Waals surface area (Å²) in [6, 6.07) is 10.6. The van der Waals surface area contributed by atoms with Crippen molar-refractivity contribution in [1.29, 1.82) is 0 Å². The molecule has 3 aromatic rings. The van der Waals surface area contributed by atoms with Gasteiger partial charge in [-0.05, 0) is 69.4 Å². The first kappa shape index (κ1) is 26.9. The van der Waals surface area contributed by atoms with E-state index < -0.39 is 12.2 Å². The van der Waals surface area contributed by atoms with Crippen LogP contribution >= 0.6 is 15.9 Å². The summed E-state index contributed by atoms with van der Waals surface area (Å²) in [6.45, 7) is 5.17. The zero-order chi connectivity index (χ0) is 26.9. The van der Waals surface area contributed by atoms with Gasteiger partial charge in [0.2, 0.25) is 0 Å². The summed E-state index contributed by atoms with van der Waals surface area (Å²) in [7, 11) is 3.88. The highest BCUT2D eigenvalue weighted by Crippen LogP contribution is 2.44. The van der Waals surface area contributed by atoms with Crippen molar-refractivity contribution in [2.24, 2.45) is 0 Å². The van der Waals surface area contributed by atoms with E-state index in [2.05, 4.69) is 26.3 Å². The molecule has 1 aromatic heterocycles. The molecule has 1 amide bonds. The number of rotatable bonds is 7. The quantitative estimate of drug-likeness (QED) is 0.393. The van der Waals surface area contributed by atoms with Gasteiger partial charge in [0.25, 0.3) is 5.91 Å². The molecule has 2 aromatic carbocycles. The van der Waals surface area contributed by atoms with Crippen molar-refractivity contribution in [3.8, 4) is 0 Å². The van der Waals surface area contributed by atoms with Crippen LogP contribution in [-0.4, -0.2) is 60.0 Å². The number of alkyl halides is 3. The number of aromatic nitrogens is 2. The lowest BCUT2D eigenvalue weighted by Crippen LogP contribution is -2.43. The predicted molar refractivity (Wildman–Crippen MR) is 143 cm³/mol. The van der Waals surface area contributed by atoms with E-state index in [9.17, 15) is 18.0 Å². The second-order valence-corrected chi connectivity index (χ2v) is 10.3. The van der Waals surface area contributed by atoms with E-state index in [1.54, 1.807) is 48.9 Å². The lowest BCUT2D eigenvalue weighted by atomic mass is 10.0. The Morgan fingerprint density at radius 3 is 2.49 bits per heavy atom. The Morgan fingerprint density at radius 1 is 1.14 bits per heavy atom. The van der Waals surface area contributed by atoms with Gasteiger partial charge < -0.3 is 15.1 Å². The first-order valence-electron chi connectivity index (χ1n) is 11.9. The Kier molecular flexibility index (Phi) is 7.80. The number of likely N-dealkylation sites (N-methyl/N-ethyl adjacent to an activating group) is 1. The van der Waals surface area contributed by atoms with Crippen LogP contribution in [0.4, 0.5) is 24.5 Å². The summed E-state index contributed by atoms with van der Waals surface area (Å²) in [5, 5.41) is 7.47. The maximum Gasteiger partial charge on any atom is 0.412 e. The molecule has 0 saturated heterocycles. The second kappa shape index (κ2) is 10.7. The Hall–Kier alpha value is -3.11. The summed E-state index contributed by atoms with van der Waals surface area (Å²) < 4.78 is 44.9. The van der Waals surface area contributed by atoms with Gasteiger partial charge in [0.15, 0.2) is 0 Å². The lowest BCUT2D eigenvalue weighted by molar-refractivity contribution is -0.136. The minimum absolute atomic E-state index is 0.150. The number of carbonyl (C=O) groups excluding carboxylic acids is 1. The fourth-order valence-corrected chi connectivity index (χ4v) is 4.82. The van der Waals surface area contributed by atoms with Crippen LogP contribution in [0.5, 0.6) is 0 Å². The van der Waals surface area contributed by atoms with Crippen LogP contribution in [0.3, 0.4) is 0 Å². The minimum atomic E-state index is -4.47. The van der Waals surface area contributed by atoms with Gasteiger partial charge in [-0.3, -0.25) is 9.48 Å². The number of anilines is 2. The highest BCUT2D eigenvalue weighted by molar-refractivity contribution is 9.10. The third kappa shape index (κ3) is 5.91. The first-order valence-corrected chi connectivity index (χ1v) is 12.6. The molecule has 1 aliphatic heterocycles. The molecule has 1 N–H and O–H groups in total. The van der Waals surface area contributed by atoms with E-state index in [4.69, 9.17) is 0 Å². The van der Waals surface area contributed by atoms with Gasteiger partial charge in [0, 0.05) is 28.8 Å². The largest absolute Gasteiger partial charge is 0.412 e. The van der Waals surface area contributed by atoms with Gasteiger partial charge in [0.1, 0.15) is 6.04 Å². The monoisotopic (exact) mass is 575 g/mol. The lowest BCUT2D eigenvalue weighted by Gasteiger charge is -2.37. The number of nitrogens with one attached hydrogen (secondary N) is 1. The average molecular weight is 576 g/mol. The van der Waals surface area contributed by atoms with Gasteiger partial charge >= 0.3 is 6.18 Å². The standard InChI is InChI=1S/C27H29BrF3N5O/c1-17-25(36-23-11-10-22(28)15-21(23)9-12-24(36)27(29,30)31)18(2)35(33-17)16-19-5-7-20(8-6-19)26(37)32-13-14-34(3)4/h5-12,15,24H,13-14,16H2,1-4H3,(H,32,37). The number of amides is 1. The SMILES string of the molecule is Cc1nn(Cc2ccc(C(=O)NCCN(C)C)cc2)c(C)c1N1c2ccc(Br)cc2C=CC1C(F)(F)F. The molecule has 1 aliphatic rings. The molecular formula is C27H29BrF3N5O. The normalized spacial score (nSPS) is 15.3. The number of fused-ring (bicyclic) bond motifs is 1. The van der Waals surface area contributed by atoms with E-state index in [0.717, 1.165) is 16.6 Å². The molecule has 196 valence electrons. The summed E-state index contributed by atoms with van der Waals surface area (Å²) in [5.74, 6) is -0.150. The number of aryl methyl sites for hydroxylation is 1. The Labute approximate surface area is 222 Å². The van der Waals surface area contributed by atoms with Crippen molar-refractivity contribution in [3.05, 3.63) is 81.1 Å². The van der Waals surface area contributed by atoms with Crippen LogP contribution in [-0.2, 0) is 6.54 Å². The molecule has 0 fully saturated rings. The number of hydrogen-bond donors (Lipinski definition) is 1. The molecule has 0 bridgehead atoms. The first-order chi connectivity index (χ1) is 17.5. The summed E-state index contributed by atoms with van der Waals surface area (Å²) in [4.78, 5) is 15.7. The molecule has 0 aliphatic carbocycles. The summed E-state index contributed by atoms with van der Waals surface area (Å²) in [6.07, 6.45) is -1.76. The van der Waals surface area contributed by atoms with Crippen molar-refractivity contribution >= 4 is 39.3 Å². The minimum Gasteiger partial charge on any atom is -0.351 e. The smallest absolute Gasteiger partial charge is 0.351 e. The maximum atomic E-state index is 14.1. The summed E-state index contributed by atoms with van der Waals surface area (Å²) >= 11 is 3.41. The molecule has 0 radical (unpaired) electrons. The number of halogens is 4. The molecule has 10 heteroatoms. The topological polar surface area (TPSA) is 53.4 Å². The molecule has 0 spiro atoms. The predicted octanol–water partition coefficient (Wildman–Crippen LogP) is 5.70. The van der Waals surface area contributed by atoms with Crippen LogP contribution in [0.1, 0.15) is 32.9 Å². The van der Waals surface area contributed by atoms with E-state index in [1.165, 1.54) is 17.1 Å². The fourth-order valence-electron chi connectivity index (χ4n) is 4.44. The molecular weight excluding hydrogens is 547 g/mol. The average Bonchev–Trinajstić information content (AvgIpc) is 3.10. The molecule has 2 heterocycles. The Morgan fingerprint density at radius 2 is 1.84 bits per heavy atom. The van der Waals surface area contributed by atoms with Crippen LogP contribution < -0.4 is 10.2 Å². The molecule has 0 saturated carbocycles. The fraction of sp³-hybridized carbons (Fsp3) is 0.333. The van der Waals surface area contributed by atoms with Crippen LogP contribution in [0.2, 0.25) is 0 Å². The molecule has 1 atom stereocenters. The third-order valence-electron chi connectivity index (χ3n) is 6.30. The van der Waals surface area contributed by atoms with E-state index in [0.29, 0.717) is 47.0 Å². The van der Waals surface area contributed by atoms with E-state index in [-0.39, 0.29) is 5.91 Å². The summed E-state index contributed by atoms with van der Waals surface area (Å²) in [5.41, 5.74) is 4.18. The number of hydrogen-bond acceptors (Lipinski definition) is 4. The Balaban J connectivity index is 1.61. The van der Waals surface area contributed by atoms with Crippen molar-refractivity contribution in [1.82, 2.24) is 20.0 Å². The number of benzene rings is 2. The second-order valence-electron chi connectivity index (χ2n) is 9.35. The number of nitrogens with zero attached hydrogens (tertiary/aromatic N) is 4. The van der Waals surface area contributed by atoms with Gasteiger partial charge in [-0.15, -0.1) is 0 Å². The highest BCUT2D eigenvalue weighted by Gasteiger charge is 2.45. The molecule has 1 unspecified atom stereocenters. The van der Waals surface area contributed by atoms with E-state index in [1.807, 2.05) is 31.1 Å². The van der Waals surface area contributed by atoms with Crippen molar-refractivity contribution in [2.75, 3.05) is 32.1 Å². The van der Waals surface area contributed by atoms with Crippen molar-refractivity contribution in [3.63, 3.8) is 0 Å². The van der Waals surface area contributed by atoms with Gasteiger partial charge in [-0.2, -0.15) is 18.3 Å². The van der Waals surface area contributed by atoms with Crippen LogP contribution in [0.25, 0.3) is 6.08 Å². The van der Waals surface area contributed by atoms with Gasteiger partial charge in [-0.1, -0.05) is 40.2 Å². The Bertz CT molecular complexity index is 1310. The van der Waals surface area contributed by atoms with E-state index >= 15 is 0 Å². The zero-order valence-electron chi connectivity index (χ0n) is 21.1. The molecule has 37 heavy (non-hydrogen) atoms. The maximum absolute atomic E-state index is 14.1. The van der Waals surface area contributed by atoms with Gasteiger partial charge in [-0.25, -0.2) is 0 Å².